The van der Waals surface area contributed by atoms with Gasteiger partial charge in [-0.05, 0) is 68.7 Å². The van der Waals surface area contributed by atoms with E-state index in [4.69, 9.17) is 21.1 Å². The molecule has 0 saturated carbocycles. The summed E-state index contributed by atoms with van der Waals surface area (Å²) in [5.41, 5.74) is 2.74. The minimum absolute atomic E-state index is 0.180. The summed E-state index contributed by atoms with van der Waals surface area (Å²) in [7, 11) is 0. The molecule has 156 valence electrons. The molecule has 1 aliphatic heterocycles. The molecule has 7 heteroatoms. The van der Waals surface area contributed by atoms with Crippen LogP contribution in [-0.4, -0.2) is 36.6 Å². The molecule has 0 bridgehead atoms. The van der Waals surface area contributed by atoms with Crippen LogP contribution in [0.25, 0.3) is 0 Å². The van der Waals surface area contributed by atoms with Gasteiger partial charge < -0.3 is 14.8 Å². The normalized spacial score (nSPS) is 14.8. The molecule has 1 N–H and O–H groups in total. The summed E-state index contributed by atoms with van der Waals surface area (Å²) >= 11 is 6.02. The van der Waals surface area contributed by atoms with Crippen molar-refractivity contribution in [3.05, 3.63) is 52.3 Å². The Hall–Kier alpha value is -2.31. The minimum atomic E-state index is -0.440. The Morgan fingerprint density at radius 3 is 2.45 bits per heavy atom. The van der Waals surface area contributed by atoms with Gasteiger partial charge >= 0.3 is 0 Å². The van der Waals surface area contributed by atoms with E-state index >= 15 is 0 Å². The highest BCUT2D eigenvalue weighted by Crippen LogP contribution is 2.34. The fraction of sp³-hybridized carbons (Fsp3) is 0.409. The van der Waals surface area contributed by atoms with E-state index < -0.39 is 5.82 Å². The Balaban J connectivity index is 1.73. The third kappa shape index (κ3) is 5.00. The number of amides is 1. The Labute approximate surface area is 175 Å². The van der Waals surface area contributed by atoms with Gasteiger partial charge in [0.2, 0.25) is 5.91 Å². The third-order valence-electron chi connectivity index (χ3n) is 5.02. The zero-order valence-corrected chi connectivity index (χ0v) is 17.7. The van der Waals surface area contributed by atoms with Gasteiger partial charge in [-0.3, -0.25) is 9.69 Å². The predicted octanol–water partition coefficient (Wildman–Crippen LogP) is 4.66. The maximum absolute atomic E-state index is 13.2. The lowest BCUT2D eigenvalue weighted by atomic mass is 9.97. The van der Waals surface area contributed by atoms with Crippen LogP contribution in [0.2, 0.25) is 5.02 Å². The molecule has 0 radical (unpaired) electrons. The van der Waals surface area contributed by atoms with Gasteiger partial charge in [0.15, 0.2) is 11.5 Å². The van der Waals surface area contributed by atoms with Gasteiger partial charge in [-0.15, -0.1) is 0 Å². The number of nitrogens with zero attached hydrogens (tertiary/aromatic N) is 1. The number of halogens is 2. The van der Waals surface area contributed by atoms with Crippen LogP contribution in [0.5, 0.6) is 11.5 Å². The van der Waals surface area contributed by atoms with E-state index in [1.807, 2.05) is 32.9 Å². The molecule has 2 aromatic carbocycles. The van der Waals surface area contributed by atoms with E-state index in [-0.39, 0.29) is 17.0 Å². The largest absolute Gasteiger partial charge is 0.490 e. The average Bonchev–Trinajstić information content (AvgIpc) is 2.70. The van der Waals surface area contributed by atoms with Crippen molar-refractivity contribution in [2.24, 2.45) is 0 Å². The molecule has 1 heterocycles. The molecule has 5 nitrogen and oxygen atoms in total. The lowest BCUT2D eigenvalue weighted by Gasteiger charge is -2.33. The molecule has 0 unspecified atom stereocenters. The van der Waals surface area contributed by atoms with Crippen LogP contribution in [-0.2, 0) is 17.8 Å². The Kier molecular flexibility index (Phi) is 6.98. The predicted molar refractivity (Wildman–Crippen MR) is 112 cm³/mol. The first-order valence-electron chi connectivity index (χ1n) is 9.84. The number of hydrogen-bond donors (Lipinski definition) is 1. The van der Waals surface area contributed by atoms with Crippen molar-refractivity contribution < 1.29 is 18.7 Å². The van der Waals surface area contributed by atoms with Crippen LogP contribution in [0.1, 0.15) is 31.9 Å². The summed E-state index contributed by atoms with van der Waals surface area (Å²) in [6.07, 6.45) is 0.816. The number of nitrogens with one attached hydrogen (secondary N) is 1. The Bertz CT molecular complexity index is 891. The van der Waals surface area contributed by atoms with Crippen molar-refractivity contribution in [1.82, 2.24) is 4.90 Å². The molecule has 0 aliphatic carbocycles. The van der Waals surface area contributed by atoms with Crippen LogP contribution in [0.3, 0.4) is 0 Å². The first-order chi connectivity index (χ1) is 13.9. The van der Waals surface area contributed by atoms with Gasteiger partial charge in [0.25, 0.3) is 0 Å². The number of hydrogen-bond acceptors (Lipinski definition) is 4. The molecule has 0 fully saturated rings. The van der Waals surface area contributed by atoms with E-state index in [0.717, 1.165) is 30.0 Å². The number of rotatable bonds is 7. The van der Waals surface area contributed by atoms with Crippen molar-refractivity contribution in [2.45, 2.75) is 39.8 Å². The van der Waals surface area contributed by atoms with Gasteiger partial charge in [-0.25, -0.2) is 4.39 Å². The summed E-state index contributed by atoms with van der Waals surface area (Å²) < 4.78 is 24.7. The first kappa shape index (κ1) is 21.4. The molecule has 2 aromatic rings. The minimum Gasteiger partial charge on any atom is -0.490 e. The zero-order chi connectivity index (χ0) is 21.0. The number of ether oxygens (including phenoxy) is 2. The summed E-state index contributed by atoms with van der Waals surface area (Å²) in [6.45, 7) is 8.26. The fourth-order valence-corrected chi connectivity index (χ4v) is 3.66. The van der Waals surface area contributed by atoms with Crippen molar-refractivity contribution in [2.75, 3.05) is 25.1 Å². The highest BCUT2D eigenvalue weighted by Gasteiger charge is 2.27. The average molecular weight is 421 g/mol. The topological polar surface area (TPSA) is 50.8 Å². The lowest BCUT2D eigenvalue weighted by Crippen LogP contribution is -2.44. The number of anilines is 1. The van der Waals surface area contributed by atoms with Crippen molar-refractivity contribution in [3.8, 4) is 11.5 Å². The molecule has 1 amide bonds. The van der Waals surface area contributed by atoms with E-state index in [1.165, 1.54) is 23.8 Å². The molecular formula is C22H26ClFN2O3. The van der Waals surface area contributed by atoms with Crippen LogP contribution < -0.4 is 14.8 Å². The number of carbonyl (C=O) groups excluding carboxylic acids is 1. The second-order valence-corrected chi connectivity index (χ2v) is 7.35. The van der Waals surface area contributed by atoms with E-state index in [9.17, 15) is 9.18 Å². The van der Waals surface area contributed by atoms with E-state index in [0.29, 0.717) is 25.4 Å². The third-order valence-corrected chi connectivity index (χ3v) is 5.34. The molecule has 29 heavy (non-hydrogen) atoms. The Morgan fingerprint density at radius 1 is 1.17 bits per heavy atom. The number of carbonyl (C=O) groups is 1. The van der Waals surface area contributed by atoms with Gasteiger partial charge in [0.1, 0.15) is 5.82 Å². The highest BCUT2D eigenvalue weighted by molar-refractivity contribution is 6.33. The van der Waals surface area contributed by atoms with Crippen LogP contribution in [0.4, 0.5) is 10.1 Å². The van der Waals surface area contributed by atoms with Crippen LogP contribution >= 0.6 is 11.6 Å². The molecule has 1 aliphatic rings. The molecular weight excluding hydrogens is 395 g/mol. The highest BCUT2D eigenvalue weighted by atomic mass is 35.5. The summed E-state index contributed by atoms with van der Waals surface area (Å²) in [5, 5.41) is 2.97. The molecule has 1 atom stereocenters. The standard InChI is InChI=1S/C22H26ClFN2O3/c1-4-28-20-10-15-8-9-26(13-16(15)11-21(20)29-5-2)14(3)22(27)25-19-7-6-17(24)12-18(19)23/h6-7,10-12,14H,4-5,8-9,13H2,1-3H3,(H,25,27)/t14-/m0/s1. The molecule has 0 saturated heterocycles. The first-order valence-corrected chi connectivity index (χ1v) is 10.2. The van der Waals surface area contributed by atoms with Gasteiger partial charge in [-0.1, -0.05) is 11.6 Å². The maximum atomic E-state index is 13.2. The second-order valence-electron chi connectivity index (χ2n) is 6.94. The lowest BCUT2D eigenvalue weighted by molar-refractivity contribution is -0.121. The number of fused-ring (bicyclic) bond motifs is 1. The van der Waals surface area contributed by atoms with E-state index in [1.54, 1.807) is 0 Å². The SMILES string of the molecule is CCOc1cc2c(cc1OCC)CN([C@@H](C)C(=O)Nc1ccc(F)cc1Cl)CC2. The monoisotopic (exact) mass is 420 g/mol. The summed E-state index contributed by atoms with van der Waals surface area (Å²) in [5.74, 6) is 0.867. The van der Waals surface area contributed by atoms with Gasteiger partial charge in [0.05, 0.1) is 30.0 Å². The van der Waals surface area contributed by atoms with Crippen molar-refractivity contribution in [1.29, 1.82) is 0 Å². The summed E-state index contributed by atoms with van der Waals surface area (Å²) in [4.78, 5) is 14.8. The van der Waals surface area contributed by atoms with Gasteiger partial charge in [0, 0.05) is 13.1 Å². The maximum Gasteiger partial charge on any atom is 0.241 e. The second kappa shape index (κ2) is 9.46. The quantitative estimate of drug-likeness (QED) is 0.707. The van der Waals surface area contributed by atoms with Crippen LogP contribution in [0.15, 0.2) is 30.3 Å². The van der Waals surface area contributed by atoms with E-state index in [2.05, 4.69) is 10.2 Å². The van der Waals surface area contributed by atoms with Crippen molar-refractivity contribution >= 4 is 23.2 Å². The molecule has 0 spiro atoms. The molecule has 0 aromatic heterocycles. The number of benzene rings is 2. The smallest absolute Gasteiger partial charge is 0.241 e. The summed E-state index contributed by atoms with van der Waals surface area (Å²) in [6, 6.07) is 7.61. The van der Waals surface area contributed by atoms with Crippen LogP contribution in [0, 0.1) is 5.82 Å². The van der Waals surface area contributed by atoms with Gasteiger partial charge in [-0.2, -0.15) is 0 Å². The van der Waals surface area contributed by atoms with Crippen molar-refractivity contribution in [3.63, 3.8) is 0 Å². The fourth-order valence-electron chi connectivity index (χ4n) is 3.45. The Morgan fingerprint density at radius 2 is 1.83 bits per heavy atom. The zero-order valence-electron chi connectivity index (χ0n) is 16.9. The molecule has 3 rings (SSSR count).